The average molecular weight is 383 g/mol. The lowest BCUT2D eigenvalue weighted by atomic mass is 10.2. The number of fused-ring (bicyclic) bond motifs is 1. The number of hydrogen-bond donors (Lipinski definition) is 1. The van der Waals surface area contributed by atoms with Gasteiger partial charge in [-0.05, 0) is 36.8 Å². The third kappa shape index (κ3) is 3.25. The van der Waals surface area contributed by atoms with E-state index in [0.717, 1.165) is 16.8 Å². The van der Waals surface area contributed by atoms with Crippen molar-refractivity contribution in [2.45, 2.75) is 17.8 Å². The summed E-state index contributed by atoms with van der Waals surface area (Å²) in [5.41, 5.74) is 3.39. The second-order valence-electron chi connectivity index (χ2n) is 5.92. The molecule has 0 fully saturated rings. The number of aromatic nitrogens is 4. The van der Waals surface area contributed by atoms with Crippen LogP contribution in [-0.4, -0.2) is 19.7 Å². The number of H-pyrrole nitrogens is 1. The molecule has 7 heteroatoms. The minimum absolute atomic E-state index is 0.133. The van der Waals surface area contributed by atoms with Crippen LogP contribution in [0.25, 0.3) is 16.7 Å². The van der Waals surface area contributed by atoms with Crippen molar-refractivity contribution in [3.05, 3.63) is 81.2 Å². The summed E-state index contributed by atoms with van der Waals surface area (Å²) in [5.74, 6) is 0.676. The zero-order chi connectivity index (χ0) is 18.1. The van der Waals surface area contributed by atoms with Gasteiger partial charge >= 0.3 is 0 Å². The predicted molar refractivity (Wildman–Crippen MR) is 105 cm³/mol. The number of hydrogen-bond acceptors (Lipinski definition) is 4. The SMILES string of the molecule is Cc1ccc(-n2c(SCc3ccc(Cl)cc3)nc3[nH]ncc3c2=O)cc1. The van der Waals surface area contributed by atoms with Crippen LogP contribution >= 0.6 is 23.4 Å². The van der Waals surface area contributed by atoms with Crippen LogP contribution in [0.2, 0.25) is 5.02 Å². The highest BCUT2D eigenvalue weighted by Crippen LogP contribution is 2.25. The number of benzene rings is 2. The van der Waals surface area contributed by atoms with Crippen LogP contribution < -0.4 is 5.56 Å². The van der Waals surface area contributed by atoms with Crippen LogP contribution in [0.5, 0.6) is 0 Å². The fraction of sp³-hybridized carbons (Fsp3) is 0.105. The van der Waals surface area contributed by atoms with E-state index >= 15 is 0 Å². The number of rotatable bonds is 4. The molecule has 0 aliphatic heterocycles. The van der Waals surface area contributed by atoms with Gasteiger partial charge in [0.05, 0.1) is 11.9 Å². The maximum absolute atomic E-state index is 13.0. The normalized spacial score (nSPS) is 11.2. The Morgan fingerprint density at radius 3 is 2.58 bits per heavy atom. The summed E-state index contributed by atoms with van der Waals surface area (Å²) in [6.07, 6.45) is 1.52. The second-order valence-corrected chi connectivity index (χ2v) is 7.30. The number of aromatic amines is 1. The lowest BCUT2D eigenvalue weighted by Gasteiger charge is -2.12. The molecule has 130 valence electrons. The highest BCUT2D eigenvalue weighted by atomic mass is 35.5. The van der Waals surface area contributed by atoms with E-state index in [1.165, 1.54) is 18.0 Å². The highest BCUT2D eigenvalue weighted by Gasteiger charge is 2.14. The maximum Gasteiger partial charge on any atom is 0.269 e. The smallest absolute Gasteiger partial charge is 0.268 e. The van der Waals surface area contributed by atoms with Crippen molar-refractivity contribution in [3.63, 3.8) is 0 Å². The largest absolute Gasteiger partial charge is 0.269 e. The standard InChI is InChI=1S/C19H15ClN4OS/c1-12-2-8-15(9-3-12)24-18(25)16-10-21-23-17(16)22-19(24)26-11-13-4-6-14(20)7-5-13/h2-10H,11H2,1H3,(H,21,23). The van der Waals surface area contributed by atoms with Gasteiger partial charge < -0.3 is 0 Å². The monoisotopic (exact) mass is 382 g/mol. The molecule has 0 saturated carbocycles. The molecule has 5 nitrogen and oxygen atoms in total. The Labute approximate surface area is 159 Å². The fourth-order valence-corrected chi connectivity index (χ4v) is 3.71. The van der Waals surface area contributed by atoms with E-state index < -0.39 is 0 Å². The molecular weight excluding hydrogens is 368 g/mol. The van der Waals surface area contributed by atoms with Crippen molar-refractivity contribution in [2.24, 2.45) is 0 Å². The van der Waals surface area contributed by atoms with Crippen LogP contribution in [0.4, 0.5) is 0 Å². The van der Waals surface area contributed by atoms with Gasteiger partial charge in [0.1, 0.15) is 5.39 Å². The Morgan fingerprint density at radius 1 is 1.12 bits per heavy atom. The molecule has 0 aliphatic carbocycles. The summed E-state index contributed by atoms with van der Waals surface area (Å²) in [7, 11) is 0. The van der Waals surface area contributed by atoms with Crippen molar-refractivity contribution in [1.29, 1.82) is 0 Å². The van der Waals surface area contributed by atoms with Gasteiger partial charge in [-0.15, -0.1) is 0 Å². The van der Waals surface area contributed by atoms with E-state index in [1.54, 1.807) is 4.57 Å². The summed E-state index contributed by atoms with van der Waals surface area (Å²) in [4.78, 5) is 17.6. The van der Waals surface area contributed by atoms with Gasteiger partial charge in [-0.3, -0.25) is 14.5 Å². The molecule has 0 unspecified atom stereocenters. The average Bonchev–Trinajstić information content (AvgIpc) is 3.11. The van der Waals surface area contributed by atoms with Gasteiger partial charge in [0, 0.05) is 10.8 Å². The van der Waals surface area contributed by atoms with Crippen LogP contribution in [0, 0.1) is 6.92 Å². The lowest BCUT2D eigenvalue weighted by Crippen LogP contribution is -2.21. The zero-order valence-corrected chi connectivity index (χ0v) is 15.5. The van der Waals surface area contributed by atoms with Gasteiger partial charge in [0.15, 0.2) is 10.8 Å². The Hall–Kier alpha value is -2.57. The Kier molecular flexibility index (Phi) is 4.53. The van der Waals surface area contributed by atoms with Gasteiger partial charge in [-0.1, -0.05) is 53.2 Å². The summed E-state index contributed by atoms with van der Waals surface area (Å²) in [6, 6.07) is 15.5. The molecule has 4 rings (SSSR count). The quantitative estimate of drug-likeness (QED) is 0.420. The molecule has 0 atom stereocenters. The molecule has 0 amide bonds. The van der Waals surface area contributed by atoms with Crippen molar-refractivity contribution < 1.29 is 0 Å². The van der Waals surface area contributed by atoms with E-state index in [-0.39, 0.29) is 5.56 Å². The summed E-state index contributed by atoms with van der Waals surface area (Å²) < 4.78 is 1.64. The molecular formula is C19H15ClN4OS. The Morgan fingerprint density at radius 2 is 1.85 bits per heavy atom. The first-order valence-corrected chi connectivity index (χ1v) is 9.38. The molecule has 2 aromatic heterocycles. The van der Waals surface area contributed by atoms with Gasteiger partial charge in [-0.2, -0.15) is 5.10 Å². The molecule has 0 aliphatic rings. The predicted octanol–water partition coefficient (Wildman–Crippen LogP) is 4.36. The summed E-state index contributed by atoms with van der Waals surface area (Å²) >= 11 is 7.44. The first kappa shape index (κ1) is 16.9. The molecule has 26 heavy (non-hydrogen) atoms. The lowest BCUT2D eigenvalue weighted by molar-refractivity contribution is 0.815. The first-order valence-electron chi connectivity index (χ1n) is 8.02. The summed E-state index contributed by atoms with van der Waals surface area (Å²) in [6.45, 7) is 2.01. The first-order chi connectivity index (χ1) is 12.6. The number of nitrogens with zero attached hydrogens (tertiary/aromatic N) is 3. The maximum atomic E-state index is 13.0. The summed E-state index contributed by atoms with van der Waals surface area (Å²) in [5, 5.41) is 8.54. The fourth-order valence-electron chi connectivity index (χ4n) is 2.62. The number of halogens is 1. The van der Waals surface area contributed by atoms with E-state index in [0.29, 0.717) is 27.0 Å². The zero-order valence-electron chi connectivity index (χ0n) is 13.9. The van der Waals surface area contributed by atoms with Crippen LogP contribution in [0.15, 0.2) is 64.7 Å². The second kappa shape index (κ2) is 6.97. The van der Waals surface area contributed by atoms with Crippen molar-refractivity contribution in [1.82, 2.24) is 19.7 Å². The molecule has 0 bridgehead atoms. The van der Waals surface area contributed by atoms with Crippen LogP contribution in [-0.2, 0) is 5.75 Å². The third-order valence-electron chi connectivity index (χ3n) is 4.02. The molecule has 0 radical (unpaired) electrons. The van der Waals surface area contributed by atoms with Crippen molar-refractivity contribution in [2.75, 3.05) is 0 Å². The molecule has 0 spiro atoms. The molecule has 0 saturated heterocycles. The number of nitrogens with one attached hydrogen (secondary N) is 1. The van der Waals surface area contributed by atoms with Gasteiger partial charge in [-0.25, -0.2) is 4.98 Å². The molecule has 2 aromatic carbocycles. The van der Waals surface area contributed by atoms with Gasteiger partial charge in [0.2, 0.25) is 0 Å². The molecule has 4 aromatic rings. The van der Waals surface area contributed by atoms with Crippen LogP contribution in [0.3, 0.4) is 0 Å². The van der Waals surface area contributed by atoms with Crippen molar-refractivity contribution in [3.8, 4) is 5.69 Å². The van der Waals surface area contributed by atoms with Crippen LogP contribution in [0.1, 0.15) is 11.1 Å². The van der Waals surface area contributed by atoms with E-state index in [1.807, 2.05) is 55.5 Å². The topological polar surface area (TPSA) is 63.6 Å². The molecule has 2 heterocycles. The van der Waals surface area contributed by atoms with E-state index in [4.69, 9.17) is 11.6 Å². The third-order valence-corrected chi connectivity index (χ3v) is 5.29. The Balaban J connectivity index is 1.79. The van der Waals surface area contributed by atoms with Gasteiger partial charge in [0.25, 0.3) is 5.56 Å². The molecule has 1 N–H and O–H groups in total. The Bertz CT molecular complexity index is 1120. The minimum Gasteiger partial charge on any atom is -0.268 e. The van der Waals surface area contributed by atoms with E-state index in [9.17, 15) is 4.79 Å². The minimum atomic E-state index is -0.133. The number of thioether (sulfide) groups is 1. The number of aryl methyl sites for hydroxylation is 1. The van der Waals surface area contributed by atoms with E-state index in [2.05, 4.69) is 15.2 Å². The van der Waals surface area contributed by atoms with Crippen molar-refractivity contribution >= 4 is 34.4 Å². The highest BCUT2D eigenvalue weighted by molar-refractivity contribution is 7.98.